The number of carbonyl (C=O) groups excluding carboxylic acids is 1. The van der Waals surface area contributed by atoms with Gasteiger partial charge in [0.15, 0.2) is 0 Å². The number of hydrogen-bond acceptors (Lipinski definition) is 6. The topological polar surface area (TPSA) is 100 Å². The number of hydrogen-bond donors (Lipinski definition) is 2. The SMILES string of the molecule is C=CC(=O)N1CC(C(Nc2cc(-c3cncc(OC)n3)c[nH]c2=O)C2CC2)C1. The Bertz CT molecular complexity index is 947. The largest absolute Gasteiger partial charge is 0.480 e. The van der Waals surface area contributed by atoms with Crippen molar-refractivity contribution in [3.63, 3.8) is 0 Å². The summed E-state index contributed by atoms with van der Waals surface area (Å²) in [6, 6.07) is 1.96. The Morgan fingerprint density at radius 1 is 1.39 bits per heavy atom. The Labute approximate surface area is 162 Å². The molecule has 0 aromatic carbocycles. The normalized spacial score (nSPS) is 17.5. The van der Waals surface area contributed by atoms with E-state index in [1.54, 1.807) is 23.4 Å². The van der Waals surface area contributed by atoms with Crippen molar-refractivity contribution >= 4 is 11.6 Å². The Balaban J connectivity index is 1.54. The predicted molar refractivity (Wildman–Crippen MR) is 105 cm³/mol. The lowest BCUT2D eigenvalue weighted by molar-refractivity contribution is -0.132. The number of aromatic nitrogens is 3. The van der Waals surface area contributed by atoms with Crippen molar-refractivity contribution in [1.29, 1.82) is 0 Å². The van der Waals surface area contributed by atoms with Gasteiger partial charge in [-0.25, -0.2) is 4.98 Å². The molecule has 8 nitrogen and oxygen atoms in total. The molecule has 2 aromatic rings. The van der Waals surface area contributed by atoms with Crippen LogP contribution in [0.3, 0.4) is 0 Å². The van der Waals surface area contributed by atoms with E-state index in [1.165, 1.54) is 19.4 Å². The van der Waals surface area contributed by atoms with Crippen LogP contribution in [0, 0.1) is 11.8 Å². The fourth-order valence-electron chi connectivity index (χ4n) is 3.63. The molecule has 1 aliphatic carbocycles. The van der Waals surface area contributed by atoms with Crippen molar-refractivity contribution in [3.8, 4) is 17.1 Å². The van der Waals surface area contributed by atoms with Crippen molar-refractivity contribution in [2.45, 2.75) is 18.9 Å². The highest BCUT2D eigenvalue weighted by Crippen LogP contribution is 2.40. The third kappa shape index (κ3) is 3.62. The molecule has 2 aliphatic rings. The summed E-state index contributed by atoms with van der Waals surface area (Å²) in [5, 5.41) is 3.44. The lowest BCUT2D eigenvalue weighted by Crippen LogP contribution is -2.56. The van der Waals surface area contributed by atoms with Gasteiger partial charge in [-0.1, -0.05) is 6.58 Å². The zero-order chi connectivity index (χ0) is 19.7. The maximum atomic E-state index is 12.4. The zero-order valence-electron chi connectivity index (χ0n) is 15.7. The minimum absolute atomic E-state index is 0.0396. The minimum atomic E-state index is -0.177. The lowest BCUT2D eigenvalue weighted by atomic mass is 9.88. The van der Waals surface area contributed by atoms with Crippen LogP contribution in [0.4, 0.5) is 5.69 Å². The van der Waals surface area contributed by atoms with Gasteiger partial charge in [-0.15, -0.1) is 0 Å². The van der Waals surface area contributed by atoms with Crippen LogP contribution in [-0.2, 0) is 4.79 Å². The Morgan fingerprint density at radius 3 is 2.86 bits per heavy atom. The molecular weight excluding hydrogens is 358 g/mol. The number of aromatic amines is 1. The smallest absolute Gasteiger partial charge is 0.271 e. The lowest BCUT2D eigenvalue weighted by Gasteiger charge is -2.43. The average molecular weight is 381 g/mol. The third-order valence-electron chi connectivity index (χ3n) is 5.38. The van der Waals surface area contributed by atoms with Crippen LogP contribution >= 0.6 is 0 Å². The number of nitrogens with one attached hydrogen (secondary N) is 2. The Hall–Kier alpha value is -3.16. The average Bonchev–Trinajstić information content (AvgIpc) is 3.52. The molecule has 1 unspecified atom stereocenters. The molecule has 1 saturated carbocycles. The maximum Gasteiger partial charge on any atom is 0.271 e. The fourth-order valence-corrected chi connectivity index (χ4v) is 3.63. The van der Waals surface area contributed by atoms with E-state index >= 15 is 0 Å². The van der Waals surface area contributed by atoms with Crippen molar-refractivity contribution in [3.05, 3.63) is 47.7 Å². The molecule has 1 atom stereocenters. The molecule has 2 N–H and O–H groups in total. The summed E-state index contributed by atoms with van der Waals surface area (Å²) in [7, 11) is 1.53. The molecule has 1 aliphatic heterocycles. The number of methoxy groups -OCH3 is 1. The van der Waals surface area contributed by atoms with Crippen molar-refractivity contribution in [2.24, 2.45) is 11.8 Å². The summed E-state index contributed by atoms with van der Waals surface area (Å²) < 4.78 is 5.13. The summed E-state index contributed by atoms with van der Waals surface area (Å²) in [5.74, 6) is 1.24. The number of rotatable bonds is 7. The van der Waals surface area contributed by atoms with E-state index in [0.29, 0.717) is 42.2 Å². The molecule has 1 saturated heterocycles. The van der Waals surface area contributed by atoms with Crippen LogP contribution in [-0.4, -0.2) is 52.0 Å². The number of carbonyl (C=O) groups is 1. The van der Waals surface area contributed by atoms with E-state index in [2.05, 4.69) is 26.8 Å². The van der Waals surface area contributed by atoms with E-state index in [9.17, 15) is 9.59 Å². The molecule has 146 valence electrons. The number of anilines is 1. The Morgan fingerprint density at radius 2 is 2.18 bits per heavy atom. The summed E-state index contributed by atoms with van der Waals surface area (Å²) in [4.78, 5) is 37.2. The maximum absolute atomic E-state index is 12.4. The van der Waals surface area contributed by atoms with Gasteiger partial charge >= 0.3 is 0 Å². The molecular formula is C20H23N5O3. The van der Waals surface area contributed by atoms with Gasteiger partial charge in [0, 0.05) is 36.8 Å². The van der Waals surface area contributed by atoms with Gasteiger partial charge in [-0.3, -0.25) is 14.6 Å². The van der Waals surface area contributed by atoms with Crippen molar-refractivity contribution in [2.75, 3.05) is 25.5 Å². The van der Waals surface area contributed by atoms with Crippen LogP contribution in [0.2, 0.25) is 0 Å². The second kappa shape index (κ2) is 7.46. The first-order valence-electron chi connectivity index (χ1n) is 9.36. The standard InChI is InChI=1S/C20H23N5O3/c1-3-18(26)25-10-14(11-25)19(12-4-5-12)24-15-6-13(7-22-20(15)27)16-8-21-9-17(23-16)28-2/h3,6-9,12,14,19,24H,1,4-5,10-11H2,2H3,(H,22,27). The highest BCUT2D eigenvalue weighted by molar-refractivity contribution is 5.87. The fraction of sp³-hybridized carbons (Fsp3) is 0.400. The number of pyridine rings is 1. The molecule has 3 heterocycles. The molecule has 4 rings (SSSR count). The molecule has 2 aromatic heterocycles. The quantitative estimate of drug-likeness (QED) is 0.708. The summed E-state index contributed by atoms with van der Waals surface area (Å²) in [5.41, 5.74) is 1.70. The highest BCUT2D eigenvalue weighted by Gasteiger charge is 2.43. The van der Waals surface area contributed by atoms with Gasteiger partial charge in [0.25, 0.3) is 5.56 Å². The number of likely N-dealkylation sites (tertiary alicyclic amines) is 1. The second-order valence-corrected chi connectivity index (χ2v) is 7.29. The van der Waals surface area contributed by atoms with E-state index in [1.807, 2.05) is 0 Å². The van der Waals surface area contributed by atoms with Gasteiger partial charge in [0.1, 0.15) is 5.69 Å². The summed E-state index contributed by atoms with van der Waals surface area (Å²) in [6.45, 7) is 4.92. The second-order valence-electron chi connectivity index (χ2n) is 7.29. The summed E-state index contributed by atoms with van der Waals surface area (Å²) in [6.07, 6.45) is 8.41. The number of amides is 1. The monoisotopic (exact) mass is 381 g/mol. The van der Waals surface area contributed by atoms with Crippen LogP contribution in [0.15, 0.2) is 42.1 Å². The first-order valence-corrected chi connectivity index (χ1v) is 9.36. The van der Waals surface area contributed by atoms with Crippen LogP contribution < -0.4 is 15.6 Å². The van der Waals surface area contributed by atoms with Gasteiger partial charge in [0.2, 0.25) is 11.8 Å². The van der Waals surface area contributed by atoms with E-state index in [-0.39, 0.29) is 17.5 Å². The number of H-pyrrole nitrogens is 1. The van der Waals surface area contributed by atoms with Crippen molar-refractivity contribution < 1.29 is 9.53 Å². The zero-order valence-corrected chi connectivity index (χ0v) is 15.7. The number of ether oxygens (including phenoxy) is 1. The van der Waals surface area contributed by atoms with Gasteiger partial charge in [-0.05, 0) is 30.9 Å². The first-order chi connectivity index (χ1) is 13.6. The van der Waals surface area contributed by atoms with Gasteiger partial charge in [0.05, 0.1) is 25.2 Å². The molecule has 0 spiro atoms. The predicted octanol–water partition coefficient (Wildman–Crippen LogP) is 1.68. The van der Waals surface area contributed by atoms with E-state index in [0.717, 1.165) is 18.4 Å². The van der Waals surface area contributed by atoms with E-state index < -0.39 is 0 Å². The molecule has 0 bridgehead atoms. The summed E-state index contributed by atoms with van der Waals surface area (Å²) >= 11 is 0. The highest BCUT2D eigenvalue weighted by atomic mass is 16.5. The van der Waals surface area contributed by atoms with Crippen molar-refractivity contribution in [1.82, 2.24) is 19.9 Å². The first kappa shape index (κ1) is 18.2. The third-order valence-corrected chi connectivity index (χ3v) is 5.38. The Kier molecular flexibility index (Phi) is 4.85. The molecule has 1 amide bonds. The minimum Gasteiger partial charge on any atom is -0.480 e. The molecule has 28 heavy (non-hydrogen) atoms. The van der Waals surface area contributed by atoms with Crippen LogP contribution in [0.5, 0.6) is 5.88 Å². The molecule has 2 fully saturated rings. The van der Waals surface area contributed by atoms with Gasteiger partial charge in [-0.2, -0.15) is 0 Å². The molecule has 8 heteroatoms. The number of nitrogens with zero attached hydrogens (tertiary/aromatic N) is 3. The molecule has 0 radical (unpaired) electrons. The van der Waals surface area contributed by atoms with Crippen LogP contribution in [0.1, 0.15) is 12.8 Å². The van der Waals surface area contributed by atoms with E-state index in [4.69, 9.17) is 4.74 Å². The van der Waals surface area contributed by atoms with Gasteiger partial charge < -0.3 is 19.9 Å². The van der Waals surface area contributed by atoms with Crippen LogP contribution in [0.25, 0.3) is 11.3 Å².